The zero-order chi connectivity index (χ0) is 11.4. The monoisotopic (exact) mass is 240 g/mol. The van der Waals surface area contributed by atoms with Crippen LogP contribution in [0.3, 0.4) is 0 Å². The molecule has 1 aromatic heterocycles. The molecule has 16 heavy (non-hydrogen) atoms. The van der Waals surface area contributed by atoms with E-state index in [0.29, 0.717) is 6.61 Å². The number of aliphatic hydroxyl groups is 1. The third-order valence-electron chi connectivity index (χ3n) is 3.35. The summed E-state index contributed by atoms with van der Waals surface area (Å²) in [6.45, 7) is 3.99. The maximum atomic E-state index is 9.59. The number of rotatable bonds is 4. The number of thiophene rings is 1. The average Bonchev–Trinajstić information content (AvgIpc) is 2.78. The van der Waals surface area contributed by atoms with Crippen LogP contribution in [0, 0.1) is 5.41 Å². The summed E-state index contributed by atoms with van der Waals surface area (Å²) >= 11 is 1.87. The van der Waals surface area contributed by atoms with Crippen LogP contribution in [0.15, 0.2) is 12.1 Å². The summed E-state index contributed by atoms with van der Waals surface area (Å²) in [5.74, 6) is 0. The van der Waals surface area contributed by atoms with Crippen LogP contribution in [0.4, 0.5) is 0 Å². The topological polar surface area (TPSA) is 29.5 Å². The van der Waals surface area contributed by atoms with Crippen molar-refractivity contribution in [3.63, 3.8) is 0 Å². The molecule has 3 heteroatoms. The molecule has 90 valence electrons. The van der Waals surface area contributed by atoms with Crippen molar-refractivity contribution in [3.05, 3.63) is 21.9 Å². The molecule has 0 spiro atoms. The van der Waals surface area contributed by atoms with Crippen molar-refractivity contribution < 1.29 is 9.84 Å². The maximum absolute atomic E-state index is 9.59. The lowest BCUT2D eigenvalue weighted by Gasteiger charge is -2.35. The van der Waals surface area contributed by atoms with Gasteiger partial charge in [-0.3, -0.25) is 0 Å². The summed E-state index contributed by atoms with van der Waals surface area (Å²) < 4.78 is 5.53. The van der Waals surface area contributed by atoms with Crippen LogP contribution >= 0.6 is 11.3 Å². The Bertz CT molecular complexity index is 326. The molecule has 0 amide bonds. The minimum atomic E-state index is -0.0197. The molecule has 1 unspecified atom stereocenters. The zero-order valence-electron chi connectivity index (χ0n) is 9.87. The first-order chi connectivity index (χ1) is 7.78. The van der Waals surface area contributed by atoms with Gasteiger partial charge in [-0.2, -0.15) is 0 Å². The van der Waals surface area contributed by atoms with Gasteiger partial charge in [0.25, 0.3) is 0 Å². The number of hydrogen-bond acceptors (Lipinski definition) is 3. The Morgan fingerprint density at radius 3 is 2.81 bits per heavy atom. The molecular formula is C13H20O2S. The summed E-state index contributed by atoms with van der Waals surface area (Å²) in [5, 5.41) is 9.59. The van der Waals surface area contributed by atoms with E-state index in [9.17, 15) is 5.11 Å². The second-order valence-corrected chi connectivity index (χ2v) is 5.97. The molecule has 0 saturated carbocycles. The van der Waals surface area contributed by atoms with Crippen LogP contribution in [0.2, 0.25) is 0 Å². The van der Waals surface area contributed by atoms with Gasteiger partial charge < -0.3 is 9.84 Å². The van der Waals surface area contributed by atoms with Gasteiger partial charge in [0.05, 0.1) is 13.2 Å². The summed E-state index contributed by atoms with van der Waals surface area (Å²) in [7, 11) is 0. The third-order valence-corrected chi connectivity index (χ3v) is 4.58. The lowest BCUT2D eigenvalue weighted by atomic mass is 9.80. The Balaban J connectivity index is 2.05. The van der Waals surface area contributed by atoms with Crippen LogP contribution in [-0.2, 0) is 17.6 Å². The van der Waals surface area contributed by atoms with Crippen LogP contribution in [-0.4, -0.2) is 24.9 Å². The van der Waals surface area contributed by atoms with Gasteiger partial charge in [0.15, 0.2) is 0 Å². The fourth-order valence-corrected chi connectivity index (χ4v) is 3.44. The molecule has 0 aromatic carbocycles. The molecule has 0 bridgehead atoms. The molecule has 1 aliphatic rings. The Morgan fingerprint density at radius 1 is 1.44 bits per heavy atom. The van der Waals surface area contributed by atoms with Gasteiger partial charge in [-0.25, -0.2) is 0 Å². The Labute approximate surface area is 101 Å². The fourth-order valence-electron chi connectivity index (χ4n) is 2.31. The highest BCUT2D eigenvalue weighted by atomic mass is 32.1. The van der Waals surface area contributed by atoms with Crippen LogP contribution in [0.5, 0.6) is 0 Å². The third kappa shape index (κ3) is 2.65. The van der Waals surface area contributed by atoms with E-state index >= 15 is 0 Å². The lowest BCUT2D eigenvalue weighted by molar-refractivity contribution is -0.0374. The molecule has 1 aromatic rings. The van der Waals surface area contributed by atoms with Gasteiger partial charge >= 0.3 is 0 Å². The molecule has 1 aliphatic heterocycles. The molecule has 1 fully saturated rings. The molecule has 1 N–H and O–H groups in total. The van der Waals surface area contributed by atoms with E-state index in [1.165, 1.54) is 9.75 Å². The quantitative estimate of drug-likeness (QED) is 0.876. The van der Waals surface area contributed by atoms with Crippen LogP contribution < -0.4 is 0 Å². The van der Waals surface area contributed by atoms with E-state index in [0.717, 1.165) is 32.3 Å². The predicted octanol–water partition coefficient (Wildman–Crippen LogP) is 2.64. The second-order valence-electron chi connectivity index (χ2n) is 4.71. The summed E-state index contributed by atoms with van der Waals surface area (Å²) in [6, 6.07) is 4.41. The molecular weight excluding hydrogens is 220 g/mol. The van der Waals surface area contributed by atoms with E-state index in [1.807, 2.05) is 11.3 Å². The van der Waals surface area contributed by atoms with Crippen molar-refractivity contribution >= 4 is 11.3 Å². The minimum Gasteiger partial charge on any atom is -0.396 e. The van der Waals surface area contributed by atoms with E-state index in [-0.39, 0.29) is 12.0 Å². The van der Waals surface area contributed by atoms with E-state index in [2.05, 4.69) is 19.1 Å². The fraction of sp³-hybridized carbons (Fsp3) is 0.692. The maximum Gasteiger partial charge on any atom is 0.0547 e. The summed E-state index contributed by atoms with van der Waals surface area (Å²) in [5.41, 5.74) is -0.0197. The summed E-state index contributed by atoms with van der Waals surface area (Å²) in [6.07, 6.45) is 4.23. The van der Waals surface area contributed by atoms with Crippen molar-refractivity contribution in [3.8, 4) is 0 Å². The Morgan fingerprint density at radius 2 is 2.25 bits per heavy atom. The first kappa shape index (κ1) is 12.1. The highest BCUT2D eigenvalue weighted by Gasteiger charge is 2.32. The van der Waals surface area contributed by atoms with Crippen molar-refractivity contribution in [2.24, 2.45) is 5.41 Å². The minimum absolute atomic E-state index is 0.0197. The van der Waals surface area contributed by atoms with Gasteiger partial charge in [-0.15, -0.1) is 11.3 Å². The second kappa shape index (κ2) is 5.30. The number of aryl methyl sites for hydroxylation is 1. The number of aliphatic hydroxyl groups excluding tert-OH is 1. The molecule has 0 aliphatic carbocycles. The SMILES string of the molecule is CCc1ccc(CC2(CO)CCCOC2)s1. The van der Waals surface area contributed by atoms with Crippen LogP contribution in [0.1, 0.15) is 29.5 Å². The molecule has 2 nitrogen and oxygen atoms in total. The first-order valence-corrected chi connectivity index (χ1v) is 6.86. The van der Waals surface area contributed by atoms with Crippen molar-refractivity contribution in [2.75, 3.05) is 19.8 Å². The Hall–Kier alpha value is -0.380. The zero-order valence-corrected chi connectivity index (χ0v) is 10.7. The number of ether oxygens (including phenoxy) is 1. The number of hydrogen-bond donors (Lipinski definition) is 1. The largest absolute Gasteiger partial charge is 0.396 e. The van der Waals surface area contributed by atoms with Crippen molar-refractivity contribution in [2.45, 2.75) is 32.6 Å². The van der Waals surface area contributed by atoms with Crippen LogP contribution in [0.25, 0.3) is 0 Å². The van der Waals surface area contributed by atoms with Gasteiger partial charge in [-0.1, -0.05) is 6.92 Å². The molecule has 2 heterocycles. The van der Waals surface area contributed by atoms with E-state index in [4.69, 9.17) is 4.74 Å². The van der Waals surface area contributed by atoms with Crippen molar-refractivity contribution in [1.29, 1.82) is 0 Å². The highest BCUT2D eigenvalue weighted by Crippen LogP contribution is 2.34. The van der Waals surface area contributed by atoms with Gasteiger partial charge in [0, 0.05) is 21.8 Å². The molecule has 1 saturated heterocycles. The molecule has 1 atom stereocenters. The lowest BCUT2D eigenvalue weighted by Crippen LogP contribution is -2.37. The standard InChI is InChI=1S/C13H20O2S/c1-2-11-4-5-12(16-11)8-13(9-14)6-3-7-15-10-13/h4-5,14H,2-3,6-10H2,1H3. The van der Waals surface area contributed by atoms with Gasteiger partial charge in [0.2, 0.25) is 0 Å². The van der Waals surface area contributed by atoms with E-state index in [1.54, 1.807) is 0 Å². The summed E-state index contributed by atoms with van der Waals surface area (Å²) in [4.78, 5) is 2.82. The van der Waals surface area contributed by atoms with Crippen molar-refractivity contribution in [1.82, 2.24) is 0 Å². The average molecular weight is 240 g/mol. The normalized spacial score (nSPS) is 25.9. The van der Waals surface area contributed by atoms with Gasteiger partial charge in [0.1, 0.15) is 0 Å². The first-order valence-electron chi connectivity index (χ1n) is 6.04. The molecule has 0 radical (unpaired) electrons. The van der Waals surface area contributed by atoms with E-state index < -0.39 is 0 Å². The highest BCUT2D eigenvalue weighted by molar-refractivity contribution is 7.11. The predicted molar refractivity (Wildman–Crippen MR) is 67.0 cm³/mol. The Kier molecular flexibility index (Phi) is 4.00. The van der Waals surface area contributed by atoms with Gasteiger partial charge in [-0.05, 0) is 37.8 Å². The smallest absolute Gasteiger partial charge is 0.0547 e. The molecule has 2 rings (SSSR count).